The van der Waals surface area contributed by atoms with E-state index in [1.807, 2.05) is 83.1 Å². The Morgan fingerprint density at radius 1 is 0.167 bits per heavy atom. The van der Waals surface area contributed by atoms with Crippen LogP contribution in [0.4, 0.5) is 0 Å². The maximum atomic E-state index is 2.00. The zero-order valence-electron chi connectivity index (χ0n) is 42.3. The summed E-state index contributed by atoms with van der Waals surface area (Å²) in [5, 5.41) is 0. The second kappa shape index (κ2) is 41.7. The quantitative estimate of drug-likeness (QED) is 0.228. The topological polar surface area (TPSA) is 0 Å². The van der Waals surface area contributed by atoms with E-state index in [-0.39, 0.29) is 22.3 Å². The maximum absolute atomic E-state index is 2.00. The van der Waals surface area contributed by atoms with Gasteiger partial charge in [0.25, 0.3) is 0 Å². The lowest BCUT2D eigenvalue weighted by Gasteiger charge is -2.40. The smallest absolute Gasteiger partial charge is 0.0383 e. The zero-order chi connectivity index (χ0) is 42.3. The fourth-order valence-corrected chi connectivity index (χ4v) is 13.2. The lowest BCUT2D eigenvalue weighted by molar-refractivity contribution is 0.116. The van der Waals surface area contributed by atoms with Crippen LogP contribution in [0.2, 0.25) is 0 Å². The van der Waals surface area contributed by atoms with Crippen LogP contribution in [0.1, 0.15) is 317 Å². The van der Waals surface area contributed by atoms with Crippen molar-refractivity contribution in [3.8, 4) is 0 Å². The van der Waals surface area contributed by atoms with Crippen LogP contribution in [-0.4, -0.2) is 0 Å². The van der Waals surface area contributed by atoms with E-state index in [1.54, 1.807) is 173 Å². The van der Waals surface area contributed by atoms with Crippen molar-refractivity contribution < 1.29 is 0 Å². The average Bonchev–Trinajstić information content (AvgIpc) is 3.90. The van der Waals surface area contributed by atoms with Crippen LogP contribution in [0.15, 0.2) is 0 Å². The third kappa shape index (κ3) is 24.9. The summed E-state index contributed by atoms with van der Waals surface area (Å²) in [7, 11) is 0. The first-order valence-electron chi connectivity index (χ1n) is 28.2. The molecular formula is C60H126. The van der Waals surface area contributed by atoms with Gasteiger partial charge in [0.2, 0.25) is 0 Å². The minimum absolute atomic E-state index is 0. The monoisotopic (exact) mass is 847 g/mol. The molecule has 0 radical (unpaired) electrons. The minimum atomic E-state index is 0. The molecule has 0 aromatic rings. The van der Waals surface area contributed by atoms with Crippen molar-refractivity contribution in [1.82, 2.24) is 0 Å². The summed E-state index contributed by atoms with van der Waals surface area (Å²) in [5.41, 5.74) is 0. The van der Waals surface area contributed by atoms with Gasteiger partial charge in [-0.25, -0.2) is 0 Å². The SMILES string of the molecule is C.C.C.C1CC2CC(C1)C2.C1CC2CCC(C1)C2.C1CC2CCC1C2.C1CC2CCC1CC2.C1CC2CCCC2C1.C1CCC2CC2C1.CC.CC.CC.CC.CC.CC. The predicted molar refractivity (Wildman–Crippen MR) is 283 cm³/mol. The van der Waals surface area contributed by atoms with Gasteiger partial charge in [0, 0.05) is 0 Å². The molecule has 0 heteroatoms. The first-order valence-corrected chi connectivity index (χ1v) is 28.2. The molecule has 14 aliphatic carbocycles. The molecule has 0 N–H and O–H groups in total. The summed E-state index contributed by atoms with van der Waals surface area (Å²) in [6.45, 7) is 24.0. The van der Waals surface area contributed by atoms with Crippen molar-refractivity contribution in [2.24, 2.45) is 71.0 Å². The lowest BCUT2D eigenvalue weighted by atomic mass is 9.65. The first kappa shape index (κ1) is 64.3. The van der Waals surface area contributed by atoms with Crippen molar-refractivity contribution in [2.75, 3.05) is 0 Å². The van der Waals surface area contributed by atoms with Gasteiger partial charge in [0.1, 0.15) is 0 Å². The Balaban J connectivity index is -0.000000613. The van der Waals surface area contributed by atoms with E-state index >= 15 is 0 Å². The zero-order valence-corrected chi connectivity index (χ0v) is 42.3. The Bertz CT molecular complexity index is 713. The Morgan fingerprint density at radius 3 is 0.567 bits per heavy atom. The second-order valence-corrected chi connectivity index (χ2v) is 19.6. The summed E-state index contributed by atoms with van der Waals surface area (Å²) in [5.74, 6) is 14.1. The molecule has 14 aliphatic rings. The van der Waals surface area contributed by atoms with Gasteiger partial charge in [-0.3, -0.25) is 0 Å². The van der Waals surface area contributed by atoms with Crippen LogP contribution in [-0.2, 0) is 0 Å². The van der Waals surface area contributed by atoms with Gasteiger partial charge in [0.15, 0.2) is 0 Å². The lowest BCUT2D eigenvalue weighted by Crippen LogP contribution is -2.28. The van der Waals surface area contributed by atoms with Gasteiger partial charge in [-0.2, -0.15) is 0 Å². The Labute approximate surface area is 386 Å². The summed E-state index contributed by atoms with van der Waals surface area (Å²) >= 11 is 0. The molecule has 4 unspecified atom stereocenters. The number of rotatable bonds is 0. The molecule has 0 nitrogen and oxygen atoms in total. The van der Waals surface area contributed by atoms with Gasteiger partial charge in [-0.15, -0.1) is 0 Å². The van der Waals surface area contributed by atoms with Gasteiger partial charge in [-0.05, 0) is 103 Å². The predicted octanol–water partition coefficient (Wildman–Crippen LogP) is 22.4. The molecule has 8 bridgehead atoms. The fourth-order valence-electron chi connectivity index (χ4n) is 13.2. The number of hydrogen-bond donors (Lipinski definition) is 0. The van der Waals surface area contributed by atoms with Crippen LogP contribution >= 0.6 is 0 Å². The van der Waals surface area contributed by atoms with E-state index in [1.165, 1.54) is 85.9 Å². The molecule has 0 amide bonds. The molecule has 0 aliphatic heterocycles. The second-order valence-electron chi connectivity index (χ2n) is 19.6. The van der Waals surface area contributed by atoms with Crippen molar-refractivity contribution in [1.29, 1.82) is 0 Å². The van der Waals surface area contributed by atoms with E-state index < -0.39 is 0 Å². The molecule has 366 valence electrons. The van der Waals surface area contributed by atoms with Crippen molar-refractivity contribution in [2.45, 2.75) is 317 Å². The first-order chi connectivity index (χ1) is 28.2. The van der Waals surface area contributed by atoms with Crippen molar-refractivity contribution in [3.63, 3.8) is 0 Å². The normalized spacial score (nSPS) is 35.4. The summed E-state index contributed by atoms with van der Waals surface area (Å²) < 4.78 is 0. The Kier molecular flexibility index (Phi) is 44.7. The highest BCUT2D eigenvalue weighted by atomic mass is 14.4. The van der Waals surface area contributed by atoms with E-state index in [2.05, 4.69) is 0 Å². The highest BCUT2D eigenvalue weighted by Gasteiger charge is 2.38. The minimum Gasteiger partial charge on any atom is -0.0776 e. The third-order valence-corrected chi connectivity index (χ3v) is 16.5. The highest BCUT2D eigenvalue weighted by Crippen LogP contribution is 2.49. The summed E-state index contributed by atoms with van der Waals surface area (Å²) in [4.78, 5) is 0. The van der Waals surface area contributed by atoms with E-state index in [4.69, 9.17) is 0 Å². The molecule has 14 saturated carbocycles. The standard InChI is InChI=1S/3C8H14.3C7H12.6C2H6.3CH4/c1-3-7-5-2-6-8(7)4-1;1-2-8-5-3-7(1)4-6-8;1-2-7-4-5-8(3-1)6-7;1-2-7-4-3-6(1)5-7;1-2-6-4-7(3-1)5-6;1-2-4-7-5-6(7)3-1;6*1-2;;;/h3*7-8H,1-6H2;3*6-7H,1-5H2;6*1-2H3;3*1H4. The van der Waals surface area contributed by atoms with Gasteiger partial charge in [-0.1, -0.05) is 285 Å². The molecule has 0 aromatic heterocycles. The van der Waals surface area contributed by atoms with Crippen LogP contribution in [0, 0.1) is 71.0 Å². The number of hydrogen-bond acceptors (Lipinski definition) is 0. The van der Waals surface area contributed by atoms with E-state index in [0.717, 1.165) is 23.7 Å². The molecule has 0 heterocycles. The molecule has 14 rings (SSSR count). The van der Waals surface area contributed by atoms with E-state index in [9.17, 15) is 0 Å². The van der Waals surface area contributed by atoms with E-state index in [0.29, 0.717) is 0 Å². The molecule has 4 atom stereocenters. The van der Waals surface area contributed by atoms with Crippen molar-refractivity contribution >= 4 is 0 Å². The van der Waals surface area contributed by atoms with Crippen LogP contribution in [0.3, 0.4) is 0 Å². The summed E-state index contributed by atoms with van der Waals surface area (Å²) in [6, 6.07) is 0. The maximum Gasteiger partial charge on any atom is -0.0383 e. The fraction of sp³-hybridized carbons (Fsp3) is 1.00. The Morgan fingerprint density at radius 2 is 0.367 bits per heavy atom. The van der Waals surface area contributed by atoms with Crippen LogP contribution < -0.4 is 0 Å². The van der Waals surface area contributed by atoms with Gasteiger partial charge >= 0.3 is 0 Å². The van der Waals surface area contributed by atoms with Crippen LogP contribution in [0.25, 0.3) is 0 Å². The molecular weight excluding hydrogens is 721 g/mol. The molecule has 14 fully saturated rings. The van der Waals surface area contributed by atoms with Crippen LogP contribution in [0.5, 0.6) is 0 Å². The number of fused-ring (bicyclic) bond motifs is 11. The largest absolute Gasteiger partial charge is 0.0776 e. The molecule has 0 spiro atoms. The van der Waals surface area contributed by atoms with Gasteiger partial charge < -0.3 is 0 Å². The van der Waals surface area contributed by atoms with Gasteiger partial charge in [0.05, 0.1) is 0 Å². The highest BCUT2D eigenvalue weighted by molar-refractivity contribution is 4.89. The molecule has 0 aromatic carbocycles. The van der Waals surface area contributed by atoms with Crippen molar-refractivity contribution in [3.05, 3.63) is 0 Å². The third-order valence-electron chi connectivity index (χ3n) is 16.5. The average molecular weight is 848 g/mol. The molecule has 60 heavy (non-hydrogen) atoms. The molecule has 0 saturated heterocycles. The Hall–Kier alpha value is 0. The summed E-state index contributed by atoms with van der Waals surface area (Å²) in [6.07, 6.45) is 51.4.